The van der Waals surface area contributed by atoms with Crippen molar-refractivity contribution in [1.29, 1.82) is 0 Å². The Labute approximate surface area is 89.8 Å². The van der Waals surface area contributed by atoms with Crippen molar-refractivity contribution < 1.29 is 0 Å². The third-order valence-electron chi connectivity index (χ3n) is 1.96. The zero-order valence-electron chi connectivity index (χ0n) is 8.26. The minimum atomic E-state index is 0.287. The molecule has 76 valence electrons. The van der Waals surface area contributed by atoms with Crippen molar-refractivity contribution in [2.45, 2.75) is 19.4 Å². The molecule has 1 atom stereocenters. The van der Waals surface area contributed by atoms with Gasteiger partial charge >= 0.3 is 0 Å². The van der Waals surface area contributed by atoms with Crippen LogP contribution in [0.15, 0.2) is 30.9 Å². The number of hydrogen-bond donors (Lipinski definition) is 2. The molecule has 0 aliphatic heterocycles. The van der Waals surface area contributed by atoms with E-state index in [0.29, 0.717) is 10.7 Å². The molecule has 3 heteroatoms. The lowest BCUT2D eigenvalue weighted by Crippen LogP contribution is -2.15. The number of benzene rings is 1. The van der Waals surface area contributed by atoms with Gasteiger partial charge in [0.2, 0.25) is 0 Å². The second kappa shape index (κ2) is 4.91. The van der Waals surface area contributed by atoms with E-state index < -0.39 is 0 Å². The highest BCUT2D eigenvalue weighted by Gasteiger charge is 2.06. The largest absolute Gasteiger partial charge is 0.397 e. The second-order valence-electron chi connectivity index (χ2n) is 3.27. The lowest BCUT2D eigenvalue weighted by molar-refractivity contribution is 0.815. The highest BCUT2D eigenvalue weighted by molar-refractivity contribution is 6.33. The molecule has 0 aliphatic carbocycles. The van der Waals surface area contributed by atoms with E-state index in [9.17, 15) is 0 Å². The Morgan fingerprint density at radius 2 is 2.36 bits per heavy atom. The Morgan fingerprint density at radius 3 is 2.93 bits per heavy atom. The summed E-state index contributed by atoms with van der Waals surface area (Å²) in [6, 6.07) is 5.77. The maximum Gasteiger partial charge on any atom is 0.0765 e. The van der Waals surface area contributed by atoms with Crippen LogP contribution in [0.3, 0.4) is 0 Å². The Bertz CT molecular complexity index is 303. The quantitative estimate of drug-likeness (QED) is 0.591. The van der Waals surface area contributed by atoms with E-state index in [4.69, 9.17) is 17.3 Å². The first kappa shape index (κ1) is 10.9. The topological polar surface area (TPSA) is 38.0 Å². The van der Waals surface area contributed by atoms with Gasteiger partial charge in [0.25, 0.3) is 0 Å². The van der Waals surface area contributed by atoms with Crippen molar-refractivity contribution in [1.82, 2.24) is 0 Å². The van der Waals surface area contributed by atoms with E-state index >= 15 is 0 Å². The first-order valence-electron chi connectivity index (χ1n) is 4.56. The lowest BCUT2D eigenvalue weighted by Gasteiger charge is -2.16. The molecule has 0 spiro atoms. The van der Waals surface area contributed by atoms with E-state index in [0.717, 1.165) is 12.1 Å². The first-order valence-corrected chi connectivity index (χ1v) is 4.94. The third kappa shape index (κ3) is 2.67. The molecule has 3 N–H and O–H groups in total. The van der Waals surface area contributed by atoms with Crippen molar-refractivity contribution in [3.63, 3.8) is 0 Å². The predicted octanol–water partition coefficient (Wildman–Crippen LogP) is 3.30. The van der Waals surface area contributed by atoms with E-state index in [-0.39, 0.29) is 6.04 Å². The van der Waals surface area contributed by atoms with Crippen LogP contribution in [-0.4, -0.2) is 6.04 Å². The summed E-state index contributed by atoms with van der Waals surface area (Å²) in [7, 11) is 0. The van der Waals surface area contributed by atoms with Crippen LogP contribution in [0.25, 0.3) is 0 Å². The average molecular weight is 211 g/mol. The predicted molar refractivity (Wildman–Crippen MR) is 63.8 cm³/mol. The molecule has 0 saturated carbocycles. The minimum absolute atomic E-state index is 0.287. The summed E-state index contributed by atoms with van der Waals surface area (Å²) in [6.07, 6.45) is 2.75. The number of rotatable bonds is 4. The van der Waals surface area contributed by atoms with Crippen molar-refractivity contribution >= 4 is 23.0 Å². The first-order chi connectivity index (χ1) is 6.65. The third-order valence-corrected chi connectivity index (χ3v) is 2.27. The molecule has 0 fully saturated rings. The molecule has 0 bridgehead atoms. The van der Waals surface area contributed by atoms with Gasteiger partial charge < -0.3 is 11.1 Å². The Morgan fingerprint density at radius 1 is 1.64 bits per heavy atom. The zero-order valence-corrected chi connectivity index (χ0v) is 9.01. The maximum atomic E-state index is 6.01. The van der Waals surface area contributed by atoms with Crippen LogP contribution in [0.2, 0.25) is 5.02 Å². The number of nitrogen functional groups attached to an aromatic ring is 1. The summed E-state index contributed by atoms with van der Waals surface area (Å²) in [6.45, 7) is 5.74. The summed E-state index contributed by atoms with van der Waals surface area (Å²) in [5, 5.41) is 3.90. The zero-order chi connectivity index (χ0) is 10.6. The van der Waals surface area contributed by atoms with Crippen LogP contribution in [0.1, 0.15) is 13.3 Å². The smallest absolute Gasteiger partial charge is 0.0765 e. The average Bonchev–Trinajstić information content (AvgIpc) is 2.12. The lowest BCUT2D eigenvalue weighted by atomic mass is 10.2. The van der Waals surface area contributed by atoms with Gasteiger partial charge in [-0.2, -0.15) is 0 Å². The molecule has 2 nitrogen and oxygen atoms in total. The summed E-state index contributed by atoms with van der Waals surface area (Å²) >= 11 is 6.01. The van der Waals surface area contributed by atoms with Gasteiger partial charge in [-0.1, -0.05) is 23.7 Å². The SMILES string of the molecule is C=CCC(C)Nc1c(N)cccc1Cl. The standard InChI is InChI=1S/C11H15ClN2/c1-3-5-8(2)14-11-9(12)6-4-7-10(11)13/h3-4,6-8,14H,1,5,13H2,2H3. The van der Waals surface area contributed by atoms with Gasteiger partial charge in [-0.25, -0.2) is 0 Å². The fourth-order valence-corrected chi connectivity index (χ4v) is 1.48. The van der Waals surface area contributed by atoms with Crippen molar-refractivity contribution in [3.05, 3.63) is 35.9 Å². The summed E-state index contributed by atoms with van der Waals surface area (Å²) < 4.78 is 0. The van der Waals surface area contributed by atoms with Gasteiger partial charge in [0, 0.05) is 6.04 Å². The van der Waals surface area contributed by atoms with Crippen LogP contribution in [-0.2, 0) is 0 Å². The van der Waals surface area contributed by atoms with E-state index in [2.05, 4.69) is 18.8 Å². The molecule has 1 aromatic rings. The number of halogens is 1. The fraction of sp³-hybridized carbons (Fsp3) is 0.273. The number of nitrogens with one attached hydrogen (secondary N) is 1. The van der Waals surface area contributed by atoms with Crippen molar-refractivity contribution in [3.8, 4) is 0 Å². The van der Waals surface area contributed by atoms with Crippen molar-refractivity contribution in [2.75, 3.05) is 11.1 Å². The summed E-state index contributed by atoms with van der Waals surface area (Å²) in [5.74, 6) is 0. The van der Waals surface area contributed by atoms with Crippen LogP contribution < -0.4 is 11.1 Å². The number of anilines is 2. The van der Waals surface area contributed by atoms with Gasteiger partial charge in [0.15, 0.2) is 0 Å². The number of nitrogens with two attached hydrogens (primary N) is 1. The normalized spacial score (nSPS) is 12.1. The highest BCUT2D eigenvalue weighted by Crippen LogP contribution is 2.28. The van der Waals surface area contributed by atoms with Crippen LogP contribution in [0.5, 0.6) is 0 Å². The van der Waals surface area contributed by atoms with Gasteiger partial charge in [0.1, 0.15) is 0 Å². The minimum Gasteiger partial charge on any atom is -0.397 e. The Hall–Kier alpha value is -1.15. The van der Waals surface area contributed by atoms with Crippen LogP contribution in [0, 0.1) is 0 Å². The van der Waals surface area contributed by atoms with Crippen LogP contribution in [0.4, 0.5) is 11.4 Å². The van der Waals surface area contributed by atoms with Gasteiger partial charge in [0.05, 0.1) is 16.4 Å². The molecule has 0 heterocycles. The monoisotopic (exact) mass is 210 g/mol. The molecule has 1 rings (SSSR count). The van der Waals surface area contributed by atoms with Crippen LogP contribution >= 0.6 is 11.6 Å². The summed E-state index contributed by atoms with van der Waals surface area (Å²) in [4.78, 5) is 0. The van der Waals surface area contributed by atoms with Gasteiger partial charge in [-0.05, 0) is 25.5 Å². The molecule has 1 aromatic carbocycles. The Balaban J connectivity index is 2.80. The van der Waals surface area contributed by atoms with Gasteiger partial charge in [-0.3, -0.25) is 0 Å². The molecular weight excluding hydrogens is 196 g/mol. The highest BCUT2D eigenvalue weighted by atomic mass is 35.5. The van der Waals surface area contributed by atoms with E-state index in [1.165, 1.54) is 0 Å². The summed E-state index contributed by atoms with van der Waals surface area (Å²) in [5.41, 5.74) is 7.28. The van der Waals surface area contributed by atoms with Crippen molar-refractivity contribution in [2.24, 2.45) is 0 Å². The Kier molecular flexibility index (Phi) is 3.84. The molecule has 0 saturated heterocycles. The molecular formula is C11H15ClN2. The molecule has 0 amide bonds. The molecule has 0 radical (unpaired) electrons. The maximum absolute atomic E-state index is 6.01. The fourth-order valence-electron chi connectivity index (χ4n) is 1.25. The second-order valence-corrected chi connectivity index (χ2v) is 3.68. The number of hydrogen-bond acceptors (Lipinski definition) is 2. The molecule has 14 heavy (non-hydrogen) atoms. The van der Waals surface area contributed by atoms with E-state index in [1.54, 1.807) is 0 Å². The number of para-hydroxylation sites is 1. The molecule has 0 aromatic heterocycles. The molecule has 0 aliphatic rings. The molecule has 1 unspecified atom stereocenters. The van der Waals surface area contributed by atoms with E-state index in [1.807, 2.05) is 24.3 Å². The van der Waals surface area contributed by atoms with Gasteiger partial charge in [-0.15, -0.1) is 6.58 Å².